The van der Waals surface area contributed by atoms with E-state index in [0.29, 0.717) is 36.1 Å². The molecular weight excluding hydrogens is 412 g/mol. The molecule has 1 unspecified atom stereocenters. The van der Waals surface area contributed by atoms with Crippen molar-refractivity contribution < 1.29 is 13.9 Å². The molecule has 1 aliphatic heterocycles. The Bertz CT molecular complexity index is 1000. The molecule has 3 aromatic rings. The summed E-state index contributed by atoms with van der Waals surface area (Å²) in [6.45, 7) is 6.89. The Hall–Kier alpha value is -2.74. The number of para-hydroxylation sites is 1. The number of hydrogen-bond acceptors (Lipinski definition) is 7. The molecule has 1 atom stereocenters. The van der Waals surface area contributed by atoms with Gasteiger partial charge < -0.3 is 14.1 Å². The van der Waals surface area contributed by atoms with Crippen LogP contribution in [0.3, 0.4) is 0 Å². The van der Waals surface area contributed by atoms with Crippen molar-refractivity contribution in [3.63, 3.8) is 0 Å². The Labute approximate surface area is 186 Å². The van der Waals surface area contributed by atoms with Gasteiger partial charge in [-0.15, -0.1) is 10.2 Å². The molecule has 0 amide bonds. The van der Waals surface area contributed by atoms with Gasteiger partial charge >= 0.3 is 0 Å². The number of thioether (sulfide) groups is 1. The fourth-order valence-corrected chi connectivity index (χ4v) is 4.61. The number of ether oxygens (including phenoxy) is 1. The first-order valence-electron chi connectivity index (χ1n) is 10.7. The third-order valence-electron chi connectivity index (χ3n) is 5.37. The van der Waals surface area contributed by atoms with Crippen molar-refractivity contribution in [2.24, 2.45) is 5.92 Å². The highest BCUT2D eigenvalue weighted by molar-refractivity contribution is 7.99. The van der Waals surface area contributed by atoms with E-state index >= 15 is 0 Å². The standard InChI is InChI=1S/C23H28N4O3S/c1-17-7-5-11-26(15-17)22-24-25-23(27(22)16-19-8-6-12-29-19)31-14-13-30-21-10-4-3-9-20(21)18(2)28/h3-4,6,8-10,12,17H,5,7,11,13-16H2,1-2H3. The van der Waals surface area contributed by atoms with Gasteiger partial charge in [-0.25, -0.2) is 0 Å². The van der Waals surface area contributed by atoms with Gasteiger partial charge in [0.15, 0.2) is 10.9 Å². The van der Waals surface area contributed by atoms with Crippen molar-refractivity contribution in [3.05, 3.63) is 54.0 Å². The Morgan fingerprint density at radius 2 is 2.13 bits per heavy atom. The quantitative estimate of drug-likeness (QED) is 0.275. The molecule has 0 aliphatic carbocycles. The molecule has 1 saturated heterocycles. The van der Waals surface area contributed by atoms with Crippen molar-refractivity contribution >= 4 is 23.5 Å². The maximum atomic E-state index is 11.8. The third-order valence-corrected chi connectivity index (χ3v) is 6.30. The van der Waals surface area contributed by atoms with E-state index in [-0.39, 0.29) is 5.78 Å². The largest absolute Gasteiger partial charge is 0.492 e. The van der Waals surface area contributed by atoms with Crippen LogP contribution in [0.5, 0.6) is 5.75 Å². The number of nitrogens with zero attached hydrogens (tertiary/aromatic N) is 4. The molecule has 1 fully saturated rings. The number of rotatable bonds is 9. The zero-order valence-electron chi connectivity index (χ0n) is 18.0. The van der Waals surface area contributed by atoms with Crippen LogP contribution >= 0.6 is 11.8 Å². The van der Waals surface area contributed by atoms with Crippen LogP contribution in [0.25, 0.3) is 0 Å². The number of piperidine rings is 1. The SMILES string of the molecule is CC(=O)c1ccccc1OCCSc1nnc(N2CCCC(C)C2)n1Cc1ccco1. The number of Topliss-reactive ketones (excluding diaryl/α,β-unsaturated/α-hetero) is 1. The van der Waals surface area contributed by atoms with Crippen molar-refractivity contribution in [1.29, 1.82) is 0 Å². The van der Waals surface area contributed by atoms with E-state index in [1.807, 2.05) is 30.3 Å². The fourth-order valence-electron chi connectivity index (χ4n) is 3.86. The number of benzene rings is 1. The zero-order valence-corrected chi connectivity index (χ0v) is 18.8. The Balaban J connectivity index is 1.44. The van der Waals surface area contributed by atoms with E-state index in [4.69, 9.17) is 9.15 Å². The molecule has 0 N–H and O–H groups in total. The highest BCUT2D eigenvalue weighted by Gasteiger charge is 2.23. The van der Waals surface area contributed by atoms with Crippen LogP contribution in [0.1, 0.15) is 42.8 Å². The maximum absolute atomic E-state index is 11.8. The van der Waals surface area contributed by atoms with Crippen molar-refractivity contribution in [3.8, 4) is 5.75 Å². The van der Waals surface area contributed by atoms with Gasteiger partial charge in [0.05, 0.1) is 25.0 Å². The lowest BCUT2D eigenvalue weighted by atomic mass is 10.0. The van der Waals surface area contributed by atoms with Crippen LogP contribution in [-0.2, 0) is 6.54 Å². The molecule has 1 aromatic carbocycles. The molecule has 164 valence electrons. The van der Waals surface area contributed by atoms with E-state index in [1.165, 1.54) is 12.8 Å². The number of anilines is 1. The normalized spacial score (nSPS) is 16.5. The van der Waals surface area contributed by atoms with E-state index in [1.54, 1.807) is 31.0 Å². The molecule has 0 bridgehead atoms. The molecule has 0 spiro atoms. The second-order valence-corrected chi connectivity index (χ2v) is 8.95. The summed E-state index contributed by atoms with van der Waals surface area (Å²) in [6, 6.07) is 11.2. The molecule has 2 aromatic heterocycles. The second-order valence-electron chi connectivity index (χ2n) is 7.89. The van der Waals surface area contributed by atoms with Gasteiger partial charge in [-0.05, 0) is 49.9 Å². The summed E-state index contributed by atoms with van der Waals surface area (Å²) in [5.74, 6) is 3.73. The predicted molar refractivity (Wildman–Crippen MR) is 121 cm³/mol. The number of aromatic nitrogens is 3. The van der Waals surface area contributed by atoms with Crippen LogP contribution in [-0.4, -0.2) is 46.0 Å². The second kappa shape index (κ2) is 10.0. The van der Waals surface area contributed by atoms with Crippen LogP contribution in [0.2, 0.25) is 0 Å². The molecule has 7 nitrogen and oxygen atoms in total. The summed E-state index contributed by atoms with van der Waals surface area (Å²) in [4.78, 5) is 14.1. The van der Waals surface area contributed by atoms with Crippen LogP contribution < -0.4 is 9.64 Å². The fraction of sp³-hybridized carbons (Fsp3) is 0.435. The number of carbonyl (C=O) groups excluding carboxylic acids is 1. The van der Waals surface area contributed by atoms with E-state index in [2.05, 4.69) is 26.6 Å². The van der Waals surface area contributed by atoms with Crippen molar-refractivity contribution in [1.82, 2.24) is 14.8 Å². The monoisotopic (exact) mass is 440 g/mol. The molecule has 3 heterocycles. The molecule has 0 saturated carbocycles. The van der Waals surface area contributed by atoms with Gasteiger partial charge in [-0.2, -0.15) is 0 Å². The lowest BCUT2D eigenvalue weighted by Crippen LogP contribution is -2.36. The highest BCUT2D eigenvalue weighted by atomic mass is 32.2. The summed E-state index contributed by atoms with van der Waals surface area (Å²) >= 11 is 1.60. The topological polar surface area (TPSA) is 73.4 Å². The third kappa shape index (κ3) is 5.31. The maximum Gasteiger partial charge on any atom is 0.228 e. The van der Waals surface area contributed by atoms with Gasteiger partial charge in [0.2, 0.25) is 5.95 Å². The van der Waals surface area contributed by atoms with Gasteiger partial charge in [-0.1, -0.05) is 30.8 Å². The van der Waals surface area contributed by atoms with Gasteiger partial charge in [0.25, 0.3) is 0 Å². The summed E-state index contributed by atoms with van der Waals surface area (Å²) in [5, 5.41) is 9.83. The Morgan fingerprint density at radius 3 is 2.90 bits per heavy atom. The molecule has 8 heteroatoms. The average Bonchev–Trinajstić information content (AvgIpc) is 3.42. The summed E-state index contributed by atoms with van der Waals surface area (Å²) in [5.41, 5.74) is 0.606. The Kier molecular flexibility index (Phi) is 6.96. The summed E-state index contributed by atoms with van der Waals surface area (Å²) in [6.07, 6.45) is 4.11. The minimum absolute atomic E-state index is 0.00171. The summed E-state index contributed by atoms with van der Waals surface area (Å²) < 4.78 is 13.6. The first kappa shape index (κ1) is 21.5. The smallest absolute Gasteiger partial charge is 0.228 e. The number of ketones is 1. The Morgan fingerprint density at radius 1 is 1.26 bits per heavy atom. The van der Waals surface area contributed by atoms with E-state index in [0.717, 1.165) is 30.0 Å². The average molecular weight is 441 g/mol. The van der Waals surface area contributed by atoms with Crippen LogP contribution in [0.4, 0.5) is 5.95 Å². The first-order valence-corrected chi connectivity index (χ1v) is 11.7. The number of carbonyl (C=O) groups is 1. The lowest BCUT2D eigenvalue weighted by molar-refractivity contribution is 0.101. The van der Waals surface area contributed by atoms with Crippen molar-refractivity contribution in [2.75, 3.05) is 30.3 Å². The number of furan rings is 1. The molecule has 31 heavy (non-hydrogen) atoms. The minimum atomic E-state index is 0.00171. The lowest BCUT2D eigenvalue weighted by Gasteiger charge is -2.31. The van der Waals surface area contributed by atoms with Gasteiger partial charge in [-0.3, -0.25) is 9.36 Å². The zero-order chi connectivity index (χ0) is 21.6. The minimum Gasteiger partial charge on any atom is -0.492 e. The van der Waals surface area contributed by atoms with Crippen LogP contribution in [0.15, 0.2) is 52.2 Å². The van der Waals surface area contributed by atoms with Crippen molar-refractivity contribution in [2.45, 2.75) is 38.4 Å². The van der Waals surface area contributed by atoms with Gasteiger partial charge in [0.1, 0.15) is 11.5 Å². The molecule has 4 rings (SSSR count). The molecule has 1 aliphatic rings. The molecule has 0 radical (unpaired) electrons. The van der Waals surface area contributed by atoms with E-state index < -0.39 is 0 Å². The molecular formula is C23H28N4O3S. The van der Waals surface area contributed by atoms with Crippen LogP contribution in [0, 0.1) is 5.92 Å². The number of hydrogen-bond donors (Lipinski definition) is 0. The van der Waals surface area contributed by atoms with Gasteiger partial charge in [0, 0.05) is 18.8 Å². The summed E-state index contributed by atoms with van der Waals surface area (Å²) in [7, 11) is 0. The predicted octanol–water partition coefficient (Wildman–Crippen LogP) is 4.53. The van der Waals surface area contributed by atoms with E-state index in [9.17, 15) is 4.79 Å². The highest BCUT2D eigenvalue weighted by Crippen LogP contribution is 2.27. The first-order chi connectivity index (χ1) is 15.1.